The SMILES string of the molecule is CC(C)(C)c1ccc2c(c1)c1cc(C#N)ccc1n2-c1ccc2c(c1)c1ccccc1n2-c1ccc2oc3ccccc3c2c1. The van der Waals surface area contributed by atoms with Gasteiger partial charge >= 0.3 is 0 Å². The normalized spacial score (nSPS) is 12.3. The number of hydrogen-bond acceptors (Lipinski definition) is 2. The number of hydrogen-bond donors (Lipinski definition) is 0. The van der Waals surface area contributed by atoms with Crippen LogP contribution in [0.5, 0.6) is 0 Å². The van der Waals surface area contributed by atoms with Crippen LogP contribution < -0.4 is 0 Å². The molecule has 0 saturated carbocycles. The van der Waals surface area contributed by atoms with E-state index in [1.54, 1.807) is 0 Å². The Labute approximate surface area is 259 Å². The molecule has 9 aromatic rings. The second-order valence-corrected chi connectivity index (χ2v) is 13.0. The minimum Gasteiger partial charge on any atom is -0.456 e. The van der Waals surface area contributed by atoms with Gasteiger partial charge < -0.3 is 13.6 Å². The molecule has 0 spiro atoms. The maximum atomic E-state index is 9.73. The molecule has 0 N–H and O–H groups in total. The van der Waals surface area contributed by atoms with Crippen LogP contribution in [0.25, 0.3) is 76.9 Å². The summed E-state index contributed by atoms with van der Waals surface area (Å²) in [6, 6.07) is 45.3. The number of nitrogens with zero attached hydrogens (tertiary/aromatic N) is 3. The lowest BCUT2D eigenvalue weighted by Gasteiger charge is -2.19. The van der Waals surface area contributed by atoms with E-state index in [9.17, 15) is 5.26 Å². The van der Waals surface area contributed by atoms with Crippen LogP contribution in [0.3, 0.4) is 0 Å². The van der Waals surface area contributed by atoms with Gasteiger partial charge in [-0.2, -0.15) is 5.26 Å². The number of aromatic nitrogens is 2. The largest absolute Gasteiger partial charge is 0.456 e. The summed E-state index contributed by atoms with van der Waals surface area (Å²) in [6.07, 6.45) is 0. The quantitative estimate of drug-likeness (QED) is 0.204. The van der Waals surface area contributed by atoms with E-state index in [0.717, 1.165) is 66.2 Å². The molecule has 0 saturated heterocycles. The lowest BCUT2D eigenvalue weighted by atomic mass is 9.86. The van der Waals surface area contributed by atoms with Crippen LogP contribution in [0.4, 0.5) is 0 Å². The van der Waals surface area contributed by atoms with Gasteiger partial charge in [-0.1, -0.05) is 63.2 Å². The zero-order valence-electron chi connectivity index (χ0n) is 25.3. The molecule has 9 rings (SSSR count). The summed E-state index contributed by atoms with van der Waals surface area (Å²) in [5.41, 5.74) is 10.5. The van der Waals surface area contributed by atoms with Crippen LogP contribution in [0.1, 0.15) is 31.9 Å². The lowest BCUT2D eigenvalue weighted by molar-refractivity contribution is 0.591. The standard InChI is InChI=1S/C41H29N3O/c1-41(2,3)26-13-17-37-32(21-26)31-20-25(24-42)12-16-36(31)44(37)27-14-18-38-33(22-27)29-8-4-6-10-35(29)43(38)28-15-19-40-34(23-28)30-9-5-7-11-39(30)45-40/h4-23H,1-3H3. The Balaban J connectivity index is 1.31. The van der Waals surface area contributed by atoms with E-state index >= 15 is 0 Å². The number of fused-ring (bicyclic) bond motifs is 9. The maximum Gasteiger partial charge on any atom is 0.135 e. The fourth-order valence-corrected chi connectivity index (χ4v) is 7.07. The molecule has 0 bridgehead atoms. The van der Waals surface area contributed by atoms with Gasteiger partial charge in [-0.15, -0.1) is 0 Å². The molecule has 0 fully saturated rings. The Morgan fingerprint density at radius 3 is 1.82 bits per heavy atom. The molecule has 3 heterocycles. The van der Waals surface area contributed by atoms with Crippen molar-refractivity contribution in [3.05, 3.63) is 132 Å². The predicted molar refractivity (Wildman–Crippen MR) is 186 cm³/mol. The first-order valence-corrected chi connectivity index (χ1v) is 15.3. The van der Waals surface area contributed by atoms with Crippen LogP contribution in [-0.4, -0.2) is 9.13 Å². The Morgan fingerprint density at radius 1 is 0.511 bits per heavy atom. The first-order valence-electron chi connectivity index (χ1n) is 15.3. The molecule has 0 unspecified atom stereocenters. The van der Waals surface area contributed by atoms with E-state index in [-0.39, 0.29) is 5.41 Å². The van der Waals surface area contributed by atoms with Crippen LogP contribution in [-0.2, 0) is 5.41 Å². The Morgan fingerprint density at radius 2 is 1.07 bits per heavy atom. The molecule has 0 atom stereocenters. The average Bonchev–Trinajstić information content (AvgIpc) is 3.70. The molecule has 0 aliphatic carbocycles. The van der Waals surface area contributed by atoms with E-state index in [1.165, 1.54) is 16.3 Å². The molecule has 45 heavy (non-hydrogen) atoms. The lowest BCUT2D eigenvalue weighted by Crippen LogP contribution is -2.10. The van der Waals surface area contributed by atoms with E-state index in [2.05, 4.69) is 133 Å². The van der Waals surface area contributed by atoms with Crippen molar-refractivity contribution in [2.75, 3.05) is 0 Å². The molecule has 0 amide bonds. The van der Waals surface area contributed by atoms with E-state index in [1.807, 2.05) is 24.3 Å². The summed E-state index contributed by atoms with van der Waals surface area (Å²) >= 11 is 0. The summed E-state index contributed by atoms with van der Waals surface area (Å²) in [4.78, 5) is 0. The fraction of sp³-hybridized carbons (Fsp3) is 0.0976. The van der Waals surface area contributed by atoms with Crippen molar-refractivity contribution < 1.29 is 4.42 Å². The monoisotopic (exact) mass is 579 g/mol. The molecule has 214 valence electrons. The summed E-state index contributed by atoms with van der Waals surface area (Å²) in [5.74, 6) is 0. The molecule has 0 radical (unpaired) electrons. The van der Waals surface area contributed by atoms with Crippen molar-refractivity contribution in [1.82, 2.24) is 9.13 Å². The van der Waals surface area contributed by atoms with Gasteiger partial charge in [0.05, 0.1) is 33.7 Å². The third-order valence-corrected chi connectivity index (χ3v) is 9.29. The maximum absolute atomic E-state index is 9.73. The van der Waals surface area contributed by atoms with Crippen molar-refractivity contribution in [1.29, 1.82) is 5.26 Å². The number of nitriles is 1. The first-order chi connectivity index (χ1) is 21.9. The Hall–Kier alpha value is -5.79. The van der Waals surface area contributed by atoms with Gasteiger partial charge in [-0.25, -0.2) is 0 Å². The molecular formula is C41H29N3O. The van der Waals surface area contributed by atoms with Gasteiger partial charge in [0.1, 0.15) is 11.2 Å². The summed E-state index contributed by atoms with van der Waals surface area (Å²) < 4.78 is 10.8. The van der Waals surface area contributed by atoms with Crippen molar-refractivity contribution in [2.45, 2.75) is 26.2 Å². The third kappa shape index (κ3) is 3.71. The number of furan rings is 1. The van der Waals surface area contributed by atoms with E-state index in [0.29, 0.717) is 5.56 Å². The van der Waals surface area contributed by atoms with Gasteiger partial charge in [0.25, 0.3) is 0 Å². The molecule has 4 nitrogen and oxygen atoms in total. The van der Waals surface area contributed by atoms with Crippen molar-refractivity contribution in [3.8, 4) is 17.4 Å². The molecular weight excluding hydrogens is 550 g/mol. The van der Waals surface area contributed by atoms with Crippen molar-refractivity contribution in [2.24, 2.45) is 0 Å². The van der Waals surface area contributed by atoms with Crippen LogP contribution in [0, 0.1) is 11.3 Å². The summed E-state index contributed by atoms with van der Waals surface area (Å²) in [6.45, 7) is 6.72. The minimum absolute atomic E-state index is 0.0158. The first kappa shape index (κ1) is 25.7. The van der Waals surface area contributed by atoms with Gasteiger partial charge in [0.2, 0.25) is 0 Å². The second-order valence-electron chi connectivity index (χ2n) is 13.0. The van der Waals surface area contributed by atoms with Crippen LogP contribution in [0.15, 0.2) is 126 Å². The molecule has 0 aliphatic heterocycles. The number of para-hydroxylation sites is 2. The highest BCUT2D eigenvalue weighted by Crippen LogP contribution is 2.39. The Bertz CT molecular complexity index is 2700. The number of rotatable bonds is 2. The summed E-state index contributed by atoms with van der Waals surface area (Å²) in [7, 11) is 0. The zero-order chi connectivity index (χ0) is 30.4. The van der Waals surface area contributed by atoms with Crippen molar-refractivity contribution in [3.63, 3.8) is 0 Å². The van der Waals surface area contributed by atoms with E-state index in [4.69, 9.17) is 4.42 Å². The van der Waals surface area contributed by atoms with E-state index < -0.39 is 0 Å². The highest BCUT2D eigenvalue weighted by molar-refractivity contribution is 6.13. The third-order valence-electron chi connectivity index (χ3n) is 9.29. The van der Waals surface area contributed by atoms with Gasteiger partial charge in [0.15, 0.2) is 0 Å². The fourth-order valence-electron chi connectivity index (χ4n) is 7.07. The molecule has 3 aromatic heterocycles. The zero-order valence-corrected chi connectivity index (χ0v) is 25.3. The van der Waals surface area contributed by atoms with Gasteiger partial charge in [-0.3, -0.25) is 0 Å². The molecule has 6 aromatic carbocycles. The topological polar surface area (TPSA) is 46.8 Å². The number of benzene rings is 6. The van der Waals surface area contributed by atoms with Gasteiger partial charge in [0, 0.05) is 43.7 Å². The van der Waals surface area contributed by atoms with Crippen LogP contribution in [0.2, 0.25) is 0 Å². The predicted octanol–water partition coefficient (Wildman–Crippen LogP) is 10.9. The molecule has 4 heteroatoms. The average molecular weight is 580 g/mol. The molecule has 0 aliphatic rings. The highest BCUT2D eigenvalue weighted by atomic mass is 16.3. The van der Waals surface area contributed by atoms with Crippen LogP contribution >= 0.6 is 0 Å². The van der Waals surface area contributed by atoms with Crippen molar-refractivity contribution >= 4 is 65.6 Å². The summed E-state index contributed by atoms with van der Waals surface area (Å²) in [5, 5.41) is 16.6. The smallest absolute Gasteiger partial charge is 0.135 e. The Kier molecular flexibility index (Phi) is 5.20. The minimum atomic E-state index is 0.0158. The second kappa shape index (κ2) is 9.11. The van der Waals surface area contributed by atoms with Gasteiger partial charge in [-0.05, 0) is 89.8 Å². The highest BCUT2D eigenvalue weighted by Gasteiger charge is 2.20.